The largest absolute Gasteiger partial charge is 0.465 e. The van der Waals surface area contributed by atoms with E-state index in [4.69, 9.17) is 5.73 Å². The van der Waals surface area contributed by atoms with Crippen LogP contribution in [0.15, 0.2) is 40.7 Å². The number of nitrogens with two attached hydrogens (primary N) is 1. The third-order valence-corrected chi connectivity index (χ3v) is 3.97. The maximum absolute atomic E-state index is 11.7. The highest BCUT2D eigenvalue weighted by Gasteiger charge is 2.29. The molecule has 0 amide bonds. The molecule has 0 aliphatic carbocycles. The fourth-order valence-electron chi connectivity index (χ4n) is 1.59. The molecule has 0 saturated carbocycles. The van der Waals surface area contributed by atoms with Crippen molar-refractivity contribution in [3.05, 3.63) is 46.2 Å². The molecular weight excluding hydrogens is 254 g/mol. The van der Waals surface area contributed by atoms with Gasteiger partial charge in [0.15, 0.2) is 4.91 Å². The van der Waals surface area contributed by atoms with Crippen molar-refractivity contribution in [2.75, 3.05) is 12.8 Å². The van der Waals surface area contributed by atoms with E-state index in [-0.39, 0.29) is 4.91 Å². The lowest BCUT2D eigenvalue weighted by Gasteiger charge is -1.99. The minimum atomic E-state index is -3.71. The smallest absolute Gasteiger partial charge is 0.349 e. The monoisotopic (exact) mass is 265 g/mol. The first-order valence-electron chi connectivity index (χ1n) is 5.07. The molecule has 0 fully saturated rings. The van der Waals surface area contributed by atoms with E-state index in [9.17, 15) is 13.2 Å². The summed E-state index contributed by atoms with van der Waals surface area (Å²) in [7, 11) is -2.57. The minimum absolute atomic E-state index is 0.350. The summed E-state index contributed by atoms with van der Waals surface area (Å²) in [6.07, 6.45) is 1.30. The number of carbonyl (C=O) groups excluding carboxylic acids is 1. The molecule has 2 N–H and O–H groups in total. The molecule has 1 heterocycles. The highest BCUT2D eigenvalue weighted by atomic mass is 32.2. The van der Waals surface area contributed by atoms with E-state index in [2.05, 4.69) is 4.74 Å². The van der Waals surface area contributed by atoms with Gasteiger partial charge in [0.2, 0.25) is 9.84 Å². The Morgan fingerprint density at radius 2 is 1.83 bits per heavy atom. The number of esters is 1. The molecule has 0 spiro atoms. The summed E-state index contributed by atoms with van der Waals surface area (Å²) in [6, 6.07) is 6.69. The number of sulfone groups is 1. The number of hydrogen-bond donors (Lipinski definition) is 1. The molecule has 1 aromatic rings. The number of carbonyl (C=O) groups is 1. The van der Waals surface area contributed by atoms with E-state index in [1.54, 1.807) is 24.3 Å². The molecule has 1 aliphatic heterocycles. The van der Waals surface area contributed by atoms with Crippen LogP contribution in [0.3, 0.4) is 0 Å². The van der Waals surface area contributed by atoms with Gasteiger partial charge < -0.3 is 10.5 Å². The van der Waals surface area contributed by atoms with Gasteiger partial charge in [0.25, 0.3) is 0 Å². The Labute approximate surface area is 104 Å². The van der Waals surface area contributed by atoms with Gasteiger partial charge in [-0.1, -0.05) is 12.1 Å². The number of hydrogen-bond acceptors (Lipinski definition) is 5. The van der Waals surface area contributed by atoms with Crippen LogP contribution >= 0.6 is 0 Å². The number of methoxy groups -OCH3 is 1. The third-order valence-electron chi connectivity index (χ3n) is 2.51. The summed E-state index contributed by atoms with van der Waals surface area (Å²) in [5, 5.41) is 1.05. The Hall–Kier alpha value is -2.08. The zero-order chi connectivity index (χ0) is 13.3. The van der Waals surface area contributed by atoms with Crippen LogP contribution < -0.4 is 5.73 Å². The van der Waals surface area contributed by atoms with Gasteiger partial charge in [-0.3, -0.25) is 0 Å². The lowest BCUT2D eigenvalue weighted by atomic mass is 10.1. The topological polar surface area (TPSA) is 86.5 Å². The zero-order valence-corrected chi connectivity index (χ0v) is 10.4. The van der Waals surface area contributed by atoms with Crippen molar-refractivity contribution in [3.8, 4) is 0 Å². The second-order valence-electron chi connectivity index (χ2n) is 3.74. The predicted molar refractivity (Wildman–Crippen MR) is 67.9 cm³/mol. The second-order valence-corrected chi connectivity index (χ2v) is 5.51. The van der Waals surface area contributed by atoms with Crippen LogP contribution in [0.25, 0.3) is 5.57 Å². The Balaban J connectivity index is 2.46. The van der Waals surface area contributed by atoms with Gasteiger partial charge >= 0.3 is 5.97 Å². The molecule has 18 heavy (non-hydrogen) atoms. The van der Waals surface area contributed by atoms with Crippen LogP contribution in [-0.2, 0) is 19.4 Å². The molecule has 0 unspecified atom stereocenters. The zero-order valence-electron chi connectivity index (χ0n) is 9.58. The number of nitrogen functional groups attached to an aromatic ring is 1. The Kier molecular flexibility index (Phi) is 2.96. The Morgan fingerprint density at radius 1 is 1.22 bits per heavy atom. The number of rotatable bonds is 2. The van der Waals surface area contributed by atoms with Crippen molar-refractivity contribution in [2.45, 2.75) is 0 Å². The second kappa shape index (κ2) is 4.30. The molecule has 1 aromatic carbocycles. The van der Waals surface area contributed by atoms with Crippen LogP contribution in [0, 0.1) is 0 Å². The number of allylic oxidation sites excluding steroid dienone is 2. The third kappa shape index (κ3) is 2.14. The summed E-state index contributed by atoms with van der Waals surface area (Å²) in [6.45, 7) is 0. The highest BCUT2D eigenvalue weighted by molar-refractivity contribution is 7.99. The molecule has 0 atom stereocenters. The predicted octanol–water partition coefficient (Wildman–Crippen LogP) is 1.09. The van der Waals surface area contributed by atoms with Crippen molar-refractivity contribution in [1.82, 2.24) is 0 Å². The van der Waals surface area contributed by atoms with Crippen molar-refractivity contribution in [3.63, 3.8) is 0 Å². The molecule has 1 aliphatic rings. The van der Waals surface area contributed by atoms with Gasteiger partial charge in [-0.2, -0.15) is 0 Å². The van der Waals surface area contributed by atoms with E-state index >= 15 is 0 Å². The number of anilines is 1. The lowest BCUT2D eigenvalue weighted by Crippen LogP contribution is -2.10. The molecule has 2 rings (SSSR count). The fraction of sp³-hybridized carbons (Fsp3) is 0.0833. The van der Waals surface area contributed by atoms with E-state index in [1.807, 2.05) is 0 Å². The molecule has 0 aromatic heterocycles. The van der Waals surface area contributed by atoms with Gasteiger partial charge in [-0.25, -0.2) is 13.2 Å². The summed E-state index contributed by atoms with van der Waals surface area (Å²) < 4.78 is 27.9. The maximum Gasteiger partial charge on any atom is 0.349 e. The first-order valence-corrected chi connectivity index (χ1v) is 6.61. The quantitative estimate of drug-likeness (QED) is 0.639. The van der Waals surface area contributed by atoms with Crippen LogP contribution in [0.5, 0.6) is 0 Å². The van der Waals surface area contributed by atoms with Crippen LogP contribution in [-0.4, -0.2) is 21.5 Å². The average molecular weight is 265 g/mol. The summed E-state index contributed by atoms with van der Waals surface area (Å²) in [5.74, 6) is -0.864. The van der Waals surface area contributed by atoms with Gasteiger partial charge in [0, 0.05) is 11.1 Å². The molecule has 0 saturated heterocycles. The van der Waals surface area contributed by atoms with Gasteiger partial charge in [-0.05, 0) is 29.3 Å². The average Bonchev–Trinajstić information content (AvgIpc) is 2.65. The summed E-state index contributed by atoms with van der Waals surface area (Å²) >= 11 is 0. The van der Waals surface area contributed by atoms with Gasteiger partial charge in [-0.15, -0.1) is 0 Å². The van der Waals surface area contributed by atoms with E-state index in [0.29, 0.717) is 16.8 Å². The van der Waals surface area contributed by atoms with Crippen molar-refractivity contribution >= 4 is 27.1 Å². The molecule has 0 bridgehead atoms. The minimum Gasteiger partial charge on any atom is -0.465 e. The van der Waals surface area contributed by atoms with Gasteiger partial charge in [0.05, 0.1) is 7.11 Å². The molecule has 94 valence electrons. The van der Waals surface area contributed by atoms with Crippen LogP contribution in [0.2, 0.25) is 0 Å². The lowest BCUT2D eigenvalue weighted by molar-refractivity contribution is -0.135. The highest BCUT2D eigenvalue weighted by Crippen LogP contribution is 2.30. The summed E-state index contributed by atoms with van der Waals surface area (Å²) in [4.78, 5) is 11.0. The molecule has 0 radical (unpaired) electrons. The molecule has 6 heteroatoms. The Morgan fingerprint density at radius 3 is 2.39 bits per heavy atom. The number of ether oxygens (including phenoxy) is 1. The van der Waals surface area contributed by atoms with Crippen molar-refractivity contribution < 1.29 is 17.9 Å². The van der Waals surface area contributed by atoms with E-state index in [1.165, 1.54) is 6.08 Å². The van der Waals surface area contributed by atoms with E-state index < -0.39 is 15.8 Å². The maximum atomic E-state index is 11.7. The summed E-state index contributed by atoms with van der Waals surface area (Å²) in [5.41, 5.74) is 7.24. The fourth-order valence-corrected chi connectivity index (χ4v) is 2.86. The van der Waals surface area contributed by atoms with Gasteiger partial charge in [0.1, 0.15) is 0 Å². The van der Waals surface area contributed by atoms with E-state index in [0.717, 1.165) is 12.5 Å². The molecular formula is C12H11NO4S. The van der Waals surface area contributed by atoms with Crippen molar-refractivity contribution in [2.24, 2.45) is 0 Å². The normalized spacial score (nSPS) is 16.9. The van der Waals surface area contributed by atoms with Crippen molar-refractivity contribution in [1.29, 1.82) is 0 Å². The first kappa shape index (κ1) is 12.4. The molecule has 5 nitrogen and oxygen atoms in total. The van der Waals surface area contributed by atoms with Crippen LogP contribution in [0.1, 0.15) is 5.56 Å². The Bertz CT molecular complexity index is 654. The first-order chi connectivity index (χ1) is 8.44. The SMILES string of the molecule is COC(=O)C1=CC(c2ccc(N)cc2)=CS1(=O)=O. The standard InChI is InChI=1S/C12H11NO4S/c1-17-12(14)11-6-9(7-18(11,15)16)8-2-4-10(13)5-3-8/h2-7H,13H2,1H3. The number of benzene rings is 1. The van der Waals surface area contributed by atoms with Crippen LogP contribution in [0.4, 0.5) is 5.69 Å².